The Morgan fingerprint density at radius 2 is 2.05 bits per heavy atom. The molecule has 0 saturated carbocycles. The van der Waals surface area contributed by atoms with Crippen LogP contribution in [0.2, 0.25) is 0 Å². The lowest BCUT2D eigenvalue weighted by atomic mass is 10.3. The Kier molecular flexibility index (Phi) is 4.79. The van der Waals surface area contributed by atoms with Crippen molar-refractivity contribution >= 4 is 11.9 Å². The molecule has 1 aliphatic heterocycles. The van der Waals surface area contributed by atoms with Gasteiger partial charge in [0.05, 0.1) is 0 Å². The van der Waals surface area contributed by atoms with E-state index in [0.717, 1.165) is 19.6 Å². The molecule has 1 aromatic heterocycles. The van der Waals surface area contributed by atoms with Crippen LogP contribution in [0.1, 0.15) is 23.3 Å². The average Bonchev–Trinajstić information content (AvgIpc) is 3.05. The van der Waals surface area contributed by atoms with E-state index in [2.05, 4.69) is 4.90 Å². The minimum Gasteiger partial charge on any atom is -0.480 e. The maximum Gasteiger partial charge on any atom is 0.323 e. The zero-order valence-corrected chi connectivity index (χ0v) is 11.8. The number of nitrogens with zero attached hydrogens (tertiary/aromatic N) is 3. The molecule has 0 radical (unpaired) electrons. The molecule has 1 aliphatic rings. The SMILES string of the molecule is CN(CCN1CCCC1)C(=O)c1cccn1CC(=O)O. The average molecular weight is 279 g/mol. The van der Waals surface area contributed by atoms with E-state index < -0.39 is 5.97 Å². The summed E-state index contributed by atoms with van der Waals surface area (Å²) in [5.74, 6) is -1.08. The number of likely N-dealkylation sites (tertiary alicyclic amines) is 1. The highest BCUT2D eigenvalue weighted by atomic mass is 16.4. The number of carbonyl (C=O) groups is 2. The van der Waals surface area contributed by atoms with Gasteiger partial charge in [0.15, 0.2) is 0 Å². The normalized spacial score (nSPS) is 15.4. The van der Waals surface area contributed by atoms with E-state index in [4.69, 9.17) is 5.11 Å². The first kappa shape index (κ1) is 14.6. The monoisotopic (exact) mass is 279 g/mol. The highest BCUT2D eigenvalue weighted by Gasteiger charge is 2.18. The zero-order valence-electron chi connectivity index (χ0n) is 11.8. The van der Waals surface area contributed by atoms with Crippen LogP contribution >= 0.6 is 0 Å². The molecule has 0 atom stereocenters. The van der Waals surface area contributed by atoms with Crippen LogP contribution < -0.4 is 0 Å². The second-order valence-electron chi connectivity index (χ2n) is 5.19. The minimum atomic E-state index is -0.949. The predicted octanol–water partition coefficient (Wildman–Crippen LogP) is 0.740. The second kappa shape index (κ2) is 6.56. The van der Waals surface area contributed by atoms with E-state index in [1.54, 1.807) is 30.3 Å². The Morgan fingerprint density at radius 1 is 1.35 bits per heavy atom. The Morgan fingerprint density at radius 3 is 2.70 bits per heavy atom. The van der Waals surface area contributed by atoms with Gasteiger partial charge in [0, 0.05) is 26.3 Å². The summed E-state index contributed by atoms with van der Waals surface area (Å²) >= 11 is 0. The maximum absolute atomic E-state index is 12.3. The molecule has 20 heavy (non-hydrogen) atoms. The summed E-state index contributed by atoms with van der Waals surface area (Å²) in [5.41, 5.74) is 0.427. The van der Waals surface area contributed by atoms with Crippen molar-refractivity contribution in [2.24, 2.45) is 0 Å². The van der Waals surface area contributed by atoms with Crippen molar-refractivity contribution in [2.75, 3.05) is 33.2 Å². The van der Waals surface area contributed by atoms with Crippen molar-refractivity contribution in [1.82, 2.24) is 14.4 Å². The molecule has 1 aromatic rings. The summed E-state index contributed by atoms with van der Waals surface area (Å²) < 4.78 is 1.47. The summed E-state index contributed by atoms with van der Waals surface area (Å²) in [7, 11) is 1.76. The van der Waals surface area contributed by atoms with Gasteiger partial charge in [-0.25, -0.2) is 0 Å². The number of hydrogen-bond donors (Lipinski definition) is 1. The lowest BCUT2D eigenvalue weighted by Crippen LogP contribution is -2.36. The lowest BCUT2D eigenvalue weighted by Gasteiger charge is -2.22. The fourth-order valence-electron chi connectivity index (χ4n) is 2.49. The number of hydrogen-bond acceptors (Lipinski definition) is 3. The molecule has 1 amide bonds. The Balaban J connectivity index is 1.92. The predicted molar refractivity (Wildman–Crippen MR) is 74.7 cm³/mol. The van der Waals surface area contributed by atoms with Crippen LogP contribution in [-0.2, 0) is 11.3 Å². The lowest BCUT2D eigenvalue weighted by molar-refractivity contribution is -0.137. The van der Waals surface area contributed by atoms with Crippen LogP contribution in [0.3, 0.4) is 0 Å². The first-order valence-corrected chi connectivity index (χ1v) is 6.92. The van der Waals surface area contributed by atoms with E-state index in [9.17, 15) is 9.59 Å². The summed E-state index contributed by atoms with van der Waals surface area (Å²) in [4.78, 5) is 27.1. The summed E-state index contributed by atoms with van der Waals surface area (Å²) in [6.07, 6.45) is 4.09. The standard InChI is InChI=1S/C14H21N3O3/c1-15(9-10-16-6-2-3-7-16)14(20)12-5-4-8-17(12)11-13(18)19/h4-5,8H,2-3,6-7,9-11H2,1H3,(H,18,19). The fraction of sp³-hybridized carbons (Fsp3) is 0.571. The number of rotatable bonds is 6. The van der Waals surface area contributed by atoms with Crippen molar-refractivity contribution in [3.63, 3.8) is 0 Å². The van der Waals surface area contributed by atoms with Gasteiger partial charge in [-0.2, -0.15) is 0 Å². The number of carboxylic acids is 1. The Labute approximate surface area is 118 Å². The van der Waals surface area contributed by atoms with Gasteiger partial charge in [-0.05, 0) is 38.1 Å². The van der Waals surface area contributed by atoms with E-state index in [0.29, 0.717) is 12.2 Å². The van der Waals surface area contributed by atoms with Gasteiger partial charge < -0.3 is 19.5 Å². The van der Waals surface area contributed by atoms with E-state index in [-0.39, 0.29) is 12.5 Å². The van der Waals surface area contributed by atoms with Crippen molar-refractivity contribution < 1.29 is 14.7 Å². The number of carboxylic acid groups (broad SMARTS) is 1. The van der Waals surface area contributed by atoms with Crippen LogP contribution in [0.4, 0.5) is 0 Å². The molecule has 6 heteroatoms. The molecule has 2 rings (SSSR count). The van der Waals surface area contributed by atoms with Crippen molar-refractivity contribution in [3.05, 3.63) is 24.0 Å². The van der Waals surface area contributed by atoms with Crippen LogP contribution in [0, 0.1) is 0 Å². The molecule has 0 spiro atoms. The first-order valence-electron chi connectivity index (χ1n) is 6.92. The van der Waals surface area contributed by atoms with Gasteiger partial charge in [-0.15, -0.1) is 0 Å². The molecule has 0 bridgehead atoms. The number of aromatic nitrogens is 1. The van der Waals surface area contributed by atoms with Crippen LogP contribution in [-0.4, -0.2) is 64.6 Å². The molecule has 1 fully saturated rings. The van der Waals surface area contributed by atoms with E-state index in [1.807, 2.05) is 0 Å². The van der Waals surface area contributed by atoms with E-state index in [1.165, 1.54) is 17.4 Å². The van der Waals surface area contributed by atoms with E-state index >= 15 is 0 Å². The summed E-state index contributed by atoms with van der Waals surface area (Å²) in [5, 5.41) is 8.82. The zero-order chi connectivity index (χ0) is 14.5. The number of carbonyl (C=O) groups excluding carboxylic acids is 1. The quantitative estimate of drug-likeness (QED) is 0.834. The topological polar surface area (TPSA) is 65.8 Å². The highest BCUT2D eigenvalue weighted by Crippen LogP contribution is 2.09. The van der Waals surface area contributed by atoms with Crippen molar-refractivity contribution in [3.8, 4) is 0 Å². The van der Waals surface area contributed by atoms with Gasteiger partial charge >= 0.3 is 5.97 Å². The number of amides is 1. The largest absolute Gasteiger partial charge is 0.480 e. The smallest absolute Gasteiger partial charge is 0.323 e. The molecule has 1 saturated heterocycles. The highest BCUT2D eigenvalue weighted by molar-refractivity contribution is 5.93. The molecule has 0 aromatic carbocycles. The van der Waals surface area contributed by atoms with Crippen LogP contribution in [0.25, 0.3) is 0 Å². The molecular weight excluding hydrogens is 258 g/mol. The molecule has 110 valence electrons. The summed E-state index contributed by atoms with van der Waals surface area (Å²) in [6, 6.07) is 3.36. The van der Waals surface area contributed by atoms with Crippen LogP contribution in [0.5, 0.6) is 0 Å². The third-order valence-electron chi connectivity index (χ3n) is 3.65. The maximum atomic E-state index is 12.3. The van der Waals surface area contributed by atoms with Gasteiger partial charge in [0.2, 0.25) is 0 Å². The van der Waals surface area contributed by atoms with Gasteiger partial charge in [0.1, 0.15) is 12.2 Å². The Hall–Kier alpha value is -1.82. The number of aliphatic carboxylic acids is 1. The van der Waals surface area contributed by atoms with Gasteiger partial charge in [-0.1, -0.05) is 0 Å². The fourth-order valence-corrected chi connectivity index (χ4v) is 2.49. The minimum absolute atomic E-state index is 0.129. The molecule has 2 heterocycles. The summed E-state index contributed by atoms with van der Waals surface area (Å²) in [6.45, 7) is 3.57. The third kappa shape index (κ3) is 3.60. The molecular formula is C14H21N3O3. The van der Waals surface area contributed by atoms with Gasteiger partial charge in [0.25, 0.3) is 5.91 Å². The van der Waals surface area contributed by atoms with Gasteiger partial charge in [-0.3, -0.25) is 9.59 Å². The Bertz CT molecular complexity index is 478. The van der Waals surface area contributed by atoms with Crippen molar-refractivity contribution in [2.45, 2.75) is 19.4 Å². The first-order chi connectivity index (χ1) is 9.58. The third-order valence-corrected chi connectivity index (χ3v) is 3.65. The molecule has 0 aliphatic carbocycles. The molecule has 6 nitrogen and oxygen atoms in total. The number of likely N-dealkylation sites (N-methyl/N-ethyl adjacent to an activating group) is 1. The van der Waals surface area contributed by atoms with Crippen LogP contribution in [0.15, 0.2) is 18.3 Å². The second-order valence-corrected chi connectivity index (χ2v) is 5.19. The van der Waals surface area contributed by atoms with Crippen molar-refractivity contribution in [1.29, 1.82) is 0 Å². The molecule has 1 N–H and O–H groups in total. The molecule has 0 unspecified atom stereocenters.